The van der Waals surface area contributed by atoms with E-state index in [0.717, 1.165) is 25.1 Å². The topological polar surface area (TPSA) is 61.9 Å². The minimum atomic E-state index is -0.521. The number of rotatable bonds is 6. The van der Waals surface area contributed by atoms with Gasteiger partial charge in [-0.15, -0.1) is 0 Å². The molecule has 3 unspecified atom stereocenters. The first-order valence-electron chi connectivity index (χ1n) is 10.6. The van der Waals surface area contributed by atoms with Gasteiger partial charge in [0, 0.05) is 37.2 Å². The quantitative estimate of drug-likeness (QED) is 0.715. The van der Waals surface area contributed by atoms with E-state index in [1.54, 1.807) is 6.07 Å². The van der Waals surface area contributed by atoms with Crippen LogP contribution in [0.1, 0.15) is 44.2 Å². The number of piperazine rings is 1. The highest BCUT2D eigenvalue weighted by atomic mass is 35.5. The van der Waals surface area contributed by atoms with Crippen molar-refractivity contribution >= 4 is 23.5 Å². The third kappa shape index (κ3) is 5.71. The Bertz CT molecular complexity index is 706. The molecule has 3 rings (SSSR count). The van der Waals surface area contributed by atoms with Gasteiger partial charge in [-0.1, -0.05) is 49.6 Å². The summed E-state index contributed by atoms with van der Waals surface area (Å²) in [5.41, 5.74) is 0.762. The molecular weight excluding hydrogens is 390 g/mol. The standard InChI is InChI=1S/C22H32ClN3O3/c1-16-7-3-6-10-19(16)24-20(27)15-25-11-13-26(14-12-25)21(22(28)29-2)17-8-4-5-9-18(17)23/h4-5,8-9,16,19,21H,3,6-7,10-15H2,1-2H3,(H,24,27). The largest absolute Gasteiger partial charge is 0.468 e. The number of halogens is 1. The Hall–Kier alpha value is -1.63. The van der Waals surface area contributed by atoms with Gasteiger partial charge >= 0.3 is 5.97 Å². The fourth-order valence-corrected chi connectivity index (χ4v) is 4.69. The molecule has 1 aliphatic carbocycles. The van der Waals surface area contributed by atoms with Gasteiger partial charge in [-0.3, -0.25) is 14.6 Å². The number of hydrogen-bond acceptors (Lipinski definition) is 5. The molecule has 1 aromatic carbocycles. The summed E-state index contributed by atoms with van der Waals surface area (Å²) in [5, 5.41) is 3.79. The Morgan fingerprint density at radius 1 is 1.17 bits per heavy atom. The number of carbonyl (C=O) groups excluding carboxylic acids is 2. The van der Waals surface area contributed by atoms with E-state index in [1.807, 2.05) is 18.2 Å². The first-order chi connectivity index (χ1) is 14.0. The molecule has 1 saturated heterocycles. The Labute approximate surface area is 178 Å². The maximum absolute atomic E-state index is 12.5. The number of nitrogens with zero attached hydrogens (tertiary/aromatic N) is 2. The number of nitrogens with one attached hydrogen (secondary N) is 1. The average Bonchev–Trinajstić information content (AvgIpc) is 2.72. The maximum Gasteiger partial charge on any atom is 0.327 e. The number of benzene rings is 1. The summed E-state index contributed by atoms with van der Waals surface area (Å²) in [6.07, 6.45) is 4.74. The monoisotopic (exact) mass is 421 g/mol. The molecule has 1 N–H and O–H groups in total. The second-order valence-electron chi connectivity index (χ2n) is 8.20. The van der Waals surface area contributed by atoms with Crippen LogP contribution in [0.15, 0.2) is 24.3 Å². The van der Waals surface area contributed by atoms with Gasteiger partial charge in [0.05, 0.1) is 13.7 Å². The summed E-state index contributed by atoms with van der Waals surface area (Å²) >= 11 is 6.34. The van der Waals surface area contributed by atoms with Crippen molar-refractivity contribution in [2.75, 3.05) is 39.8 Å². The highest BCUT2D eigenvalue weighted by molar-refractivity contribution is 6.31. The van der Waals surface area contributed by atoms with Crippen molar-refractivity contribution < 1.29 is 14.3 Å². The summed E-state index contributed by atoms with van der Waals surface area (Å²) in [6.45, 7) is 5.45. The SMILES string of the molecule is COC(=O)C(c1ccccc1Cl)N1CCN(CC(=O)NC2CCCCC2C)CC1. The van der Waals surface area contributed by atoms with E-state index in [9.17, 15) is 9.59 Å². The lowest BCUT2D eigenvalue weighted by atomic mass is 9.86. The van der Waals surface area contributed by atoms with Crippen molar-refractivity contribution in [2.24, 2.45) is 5.92 Å². The molecule has 1 saturated carbocycles. The van der Waals surface area contributed by atoms with Crippen LogP contribution < -0.4 is 5.32 Å². The number of amides is 1. The summed E-state index contributed by atoms with van der Waals surface area (Å²) in [5.74, 6) is 0.351. The average molecular weight is 422 g/mol. The molecule has 3 atom stereocenters. The van der Waals surface area contributed by atoms with Crippen LogP contribution in [0.25, 0.3) is 0 Å². The highest BCUT2D eigenvalue weighted by Crippen LogP contribution is 2.29. The molecule has 160 valence electrons. The zero-order valence-electron chi connectivity index (χ0n) is 17.4. The first kappa shape index (κ1) is 22.1. The third-order valence-corrected chi connectivity index (χ3v) is 6.57. The Morgan fingerprint density at radius 2 is 1.86 bits per heavy atom. The Morgan fingerprint density at radius 3 is 2.52 bits per heavy atom. The molecule has 0 aromatic heterocycles. The smallest absolute Gasteiger partial charge is 0.327 e. The molecular formula is C22H32ClN3O3. The van der Waals surface area contributed by atoms with Gasteiger partial charge in [-0.2, -0.15) is 0 Å². The van der Waals surface area contributed by atoms with E-state index in [4.69, 9.17) is 16.3 Å². The lowest BCUT2D eigenvalue weighted by molar-refractivity contribution is -0.148. The molecule has 1 aliphatic heterocycles. The van der Waals surface area contributed by atoms with Crippen LogP contribution in [0.3, 0.4) is 0 Å². The van der Waals surface area contributed by atoms with Gasteiger partial charge in [-0.05, 0) is 30.4 Å². The fourth-order valence-electron chi connectivity index (χ4n) is 4.45. The van der Waals surface area contributed by atoms with Gasteiger partial charge in [0.2, 0.25) is 5.91 Å². The first-order valence-corrected chi connectivity index (χ1v) is 11.0. The molecule has 1 aromatic rings. The van der Waals surface area contributed by atoms with Gasteiger partial charge < -0.3 is 10.1 Å². The number of carbonyl (C=O) groups is 2. The van der Waals surface area contributed by atoms with E-state index >= 15 is 0 Å². The van der Waals surface area contributed by atoms with Crippen molar-refractivity contribution in [3.63, 3.8) is 0 Å². The molecule has 2 aliphatic rings. The van der Waals surface area contributed by atoms with Gasteiger partial charge in [0.15, 0.2) is 0 Å². The van der Waals surface area contributed by atoms with Crippen molar-refractivity contribution in [3.05, 3.63) is 34.9 Å². The lowest BCUT2D eigenvalue weighted by Gasteiger charge is -2.38. The van der Waals surface area contributed by atoms with E-state index in [1.165, 1.54) is 26.4 Å². The number of hydrogen-bond donors (Lipinski definition) is 1. The molecule has 0 spiro atoms. The van der Waals surface area contributed by atoms with E-state index in [0.29, 0.717) is 36.6 Å². The van der Waals surface area contributed by atoms with E-state index in [-0.39, 0.29) is 11.9 Å². The molecule has 2 fully saturated rings. The van der Waals surface area contributed by atoms with Crippen LogP contribution in [-0.4, -0.2) is 67.6 Å². The van der Waals surface area contributed by atoms with Crippen LogP contribution >= 0.6 is 11.6 Å². The maximum atomic E-state index is 12.5. The van der Waals surface area contributed by atoms with Crippen molar-refractivity contribution in [3.8, 4) is 0 Å². The van der Waals surface area contributed by atoms with Crippen LogP contribution in [0.5, 0.6) is 0 Å². The molecule has 1 amide bonds. The minimum Gasteiger partial charge on any atom is -0.468 e. The molecule has 29 heavy (non-hydrogen) atoms. The summed E-state index contributed by atoms with van der Waals surface area (Å²) in [7, 11) is 1.40. The number of esters is 1. The van der Waals surface area contributed by atoms with Crippen LogP contribution in [0.4, 0.5) is 0 Å². The van der Waals surface area contributed by atoms with Crippen LogP contribution in [-0.2, 0) is 14.3 Å². The fraction of sp³-hybridized carbons (Fsp3) is 0.636. The van der Waals surface area contributed by atoms with Gasteiger partial charge in [-0.25, -0.2) is 4.79 Å². The summed E-state index contributed by atoms with van der Waals surface area (Å²) < 4.78 is 5.04. The van der Waals surface area contributed by atoms with Gasteiger partial charge in [0.1, 0.15) is 6.04 Å². The van der Waals surface area contributed by atoms with Crippen LogP contribution in [0.2, 0.25) is 5.02 Å². The highest BCUT2D eigenvalue weighted by Gasteiger charge is 2.33. The van der Waals surface area contributed by atoms with Crippen LogP contribution in [0, 0.1) is 5.92 Å². The van der Waals surface area contributed by atoms with Gasteiger partial charge in [0.25, 0.3) is 0 Å². The van der Waals surface area contributed by atoms with E-state index < -0.39 is 6.04 Å². The lowest BCUT2D eigenvalue weighted by Crippen LogP contribution is -2.53. The predicted octanol–water partition coefficient (Wildman–Crippen LogP) is 2.87. The summed E-state index contributed by atoms with van der Waals surface area (Å²) in [4.78, 5) is 29.2. The Balaban J connectivity index is 1.55. The molecule has 7 heteroatoms. The zero-order valence-corrected chi connectivity index (χ0v) is 18.2. The van der Waals surface area contributed by atoms with Crippen molar-refractivity contribution in [2.45, 2.75) is 44.7 Å². The molecule has 6 nitrogen and oxygen atoms in total. The normalized spacial score (nSPS) is 24.7. The second-order valence-corrected chi connectivity index (χ2v) is 8.60. The van der Waals surface area contributed by atoms with Crippen molar-refractivity contribution in [1.29, 1.82) is 0 Å². The summed E-state index contributed by atoms with van der Waals surface area (Å²) in [6, 6.07) is 7.18. The minimum absolute atomic E-state index is 0.104. The number of methoxy groups -OCH3 is 1. The van der Waals surface area contributed by atoms with Crippen molar-refractivity contribution in [1.82, 2.24) is 15.1 Å². The van der Waals surface area contributed by atoms with E-state index in [2.05, 4.69) is 22.0 Å². The molecule has 0 radical (unpaired) electrons. The zero-order chi connectivity index (χ0) is 20.8. The molecule has 1 heterocycles. The third-order valence-electron chi connectivity index (χ3n) is 6.22. The molecule has 0 bridgehead atoms. The predicted molar refractivity (Wildman–Crippen MR) is 114 cm³/mol. The Kier molecular flexibility index (Phi) is 7.92. The second kappa shape index (κ2) is 10.4. The number of ether oxygens (including phenoxy) is 1.